The molecule has 0 spiro atoms. The van der Waals surface area contributed by atoms with E-state index in [0.29, 0.717) is 51.9 Å². The lowest BCUT2D eigenvalue weighted by atomic mass is 10.1. The molecular formula is C18H32N6O6. The Balaban J connectivity index is 4.43. The van der Waals surface area contributed by atoms with E-state index in [-0.39, 0.29) is 12.8 Å². The Bertz CT molecular complexity index is 536. The van der Waals surface area contributed by atoms with Crippen LogP contribution in [0.1, 0.15) is 38.5 Å². The molecule has 0 aliphatic heterocycles. The summed E-state index contributed by atoms with van der Waals surface area (Å²) in [6.45, 7) is 2.02. The summed E-state index contributed by atoms with van der Waals surface area (Å²) in [5.41, 5.74) is 0. The topological polar surface area (TPSA) is 205 Å². The van der Waals surface area contributed by atoms with Crippen molar-refractivity contribution >= 4 is 36.2 Å². The second-order valence-corrected chi connectivity index (χ2v) is 6.54. The average Bonchev–Trinajstić information content (AvgIpc) is 2.70. The van der Waals surface area contributed by atoms with Gasteiger partial charge in [0.1, 0.15) is 12.1 Å². The van der Waals surface area contributed by atoms with Gasteiger partial charge in [0.15, 0.2) is 0 Å². The van der Waals surface area contributed by atoms with Gasteiger partial charge < -0.3 is 42.3 Å². The molecule has 2 amide bonds. The molecule has 8 N–H and O–H groups in total. The van der Waals surface area contributed by atoms with Gasteiger partial charge in [0.2, 0.25) is 0 Å². The number of unbranched alkanes of at least 4 members (excludes halogenated alkanes) is 2. The first-order valence-corrected chi connectivity index (χ1v) is 9.79. The number of amides is 2. The van der Waals surface area contributed by atoms with Crippen molar-refractivity contribution in [3.63, 3.8) is 0 Å². The molecule has 2 unspecified atom stereocenters. The highest BCUT2D eigenvalue weighted by atomic mass is 16.4. The number of hydrogen-bond donors (Lipinski definition) is 8. The number of carboxylic acid groups (broad SMARTS) is 2. The van der Waals surface area contributed by atoms with Crippen LogP contribution >= 0.6 is 0 Å². The minimum atomic E-state index is -1.28. The summed E-state index contributed by atoms with van der Waals surface area (Å²) in [6, 6.07) is -2.51. The second kappa shape index (κ2) is 17.0. The van der Waals surface area contributed by atoms with Crippen LogP contribution in [0.5, 0.6) is 0 Å². The second-order valence-electron chi connectivity index (χ2n) is 6.54. The zero-order valence-corrected chi connectivity index (χ0v) is 16.9. The molecule has 0 bridgehead atoms. The van der Waals surface area contributed by atoms with Crippen molar-refractivity contribution in [1.82, 2.24) is 21.3 Å². The maximum absolute atomic E-state index is 12.0. The van der Waals surface area contributed by atoms with Gasteiger partial charge in [0, 0.05) is 25.5 Å². The summed E-state index contributed by atoms with van der Waals surface area (Å²) in [7, 11) is 0. The zero-order valence-electron chi connectivity index (χ0n) is 16.9. The Labute approximate surface area is 175 Å². The summed E-state index contributed by atoms with van der Waals surface area (Å²) in [5, 5.41) is 42.3. The molecule has 0 aromatic heterocycles. The van der Waals surface area contributed by atoms with Crippen LogP contribution in [0.4, 0.5) is 0 Å². The number of nitrogens with one attached hydrogen (secondary N) is 6. The largest absolute Gasteiger partial charge is 0.480 e. The van der Waals surface area contributed by atoms with E-state index < -0.39 is 35.8 Å². The molecule has 0 fully saturated rings. The van der Waals surface area contributed by atoms with Gasteiger partial charge in [-0.3, -0.25) is 9.59 Å². The molecule has 0 radical (unpaired) electrons. The molecule has 2 atom stereocenters. The Kier molecular flexibility index (Phi) is 15.4. The molecule has 12 nitrogen and oxygen atoms in total. The molecule has 30 heavy (non-hydrogen) atoms. The molecule has 0 saturated carbocycles. The highest BCUT2D eigenvalue weighted by molar-refractivity contribution is 6.35. The summed E-state index contributed by atoms with van der Waals surface area (Å²) in [4.78, 5) is 46.6. The van der Waals surface area contributed by atoms with E-state index in [4.69, 9.17) is 10.8 Å². The maximum Gasteiger partial charge on any atom is 0.326 e. The summed E-state index contributed by atoms with van der Waals surface area (Å²) in [5.74, 6) is -4.95. The first-order valence-electron chi connectivity index (χ1n) is 9.79. The summed E-state index contributed by atoms with van der Waals surface area (Å²) < 4.78 is 0. The van der Waals surface area contributed by atoms with Crippen LogP contribution < -0.4 is 21.3 Å². The molecule has 0 saturated heterocycles. The highest BCUT2D eigenvalue weighted by Gasteiger charge is 2.27. The normalized spacial score (nSPS) is 12.4. The van der Waals surface area contributed by atoms with E-state index in [1.54, 1.807) is 0 Å². The quantitative estimate of drug-likeness (QED) is 0.0765. The van der Waals surface area contributed by atoms with Crippen LogP contribution in [0.2, 0.25) is 0 Å². The Morgan fingerprint density at radius 1 is 0.700 bits per heavy atom. The first kappa shape index (κ1) is 27.1. The minimum absolute atomic E-state index is 0.117. The SMILES string of the molecule is N=CCNCCCCC(NC(=O)C(=O)NC(CCCCNCC=N)C(=O)O)C(=O)O. The maximum atomic E-state index is 12.0. The van der Waals surface area contributed by atoms with Crippen molar-refractivity contribution < 1.29 is 29.4 Å². The highest BCUT2D eigenvalue weighted by Crippen LogP contribution is 2.03. The number of aliphatic carboxylic acids is 2. The van der Waals surface area contributed by atoms with Crippen molar-refractivity contribution in [2.45, 2.75) is 50.6 Å². The minimum Gasteiger partial charge on any atom is -0.480 e. The molecule has 0 aliphatic carbocycles. The van der Waals surface area contributed by atoms with Crippen LogP contribution in [0, 0.1) is 10.8 Å². The summed E-state index contributed by atoms with van der Waals surface area (Å²) in [6.07, 6.45) is 4.88. The van der Waals surface area contributed by atoms with Gasteiger partial charge in [-0.05, 0) is 51.6 Å². The van der Waals surface area contributed by atoms with E-state index in [1.165, 1.54) is 12.4 Å². The third-order valence-corrected chi connectivity index (χ3v) is 4.10. The van der Waals surface area contributed by atoms with E-state index in [9.17, 15) is 29.4 Å². The number of carboxylic acids is 2. The van der Waals surface area contributed by atoms with E-state index in [2.05, 4.69) is 21.3 Å². The van der Waals surface area contributed by atoms with Crippen LogP contribution in [-0.2, 0) is 19.2 Å². The molecular weight excluding hydrogens is 396 g/mol. The molecule has 12 heteroatoms. The fraction of sp³-hybridized carbons (Fsp3) is 0.667. The third-order valence-electron chi connectivity index (χ3n) is 4.10. The van der Waals surface area contributed by atoms with Crippen molar-refractivity contribution in [1.29, 1.82) is 10.8 Å². The fourth-order valence-electron chi connectivity index (χ4n) is 2.51. The predicted octanol–water partition coefficient (Wildman–Crippen LogP) is -1.06. The van der Waals surface area contributed by atoms with Gasteiger partial charge in [-0.2, -0.15) is 0 Å². The lowest BCUT2D eigenvalue weighted by Crippen LogP contribution is -2.51. The number of hydrogen-bond acceptors (Lipinski definition) is 8. The Hall–Kier alpha value is -2.86. The van der Waals surface area contributed by atoms with Gasteiger partial charge >= 0.3 is 23.8 Å². The number of rotatable bonds is 18. The number of carbonyl (C=O) groups is 4. The predicted molar refractivity (Wildman–Crippen MR) is 110 cm³/mol. The van der Waals surface area contributed by atoms with E-state index in [0.717, 1.165) is 0 Å². The third kappa shape index (κ3) is 13.3. The lowest BCUT2D eigenvalue weighted by Gasteiger charge is -2.17. The van der Waals surface area contributed by atoms with Gasteiger partial charge in [-0.15, -0.1) is 0 Å². The first-order chi connectivity index (χ1) is 14.3. The van der Waals surface area contributed by atoms with Gasteiger partial charge in [0.05, 0.1) is 0 Å². The molecule has 0 aromatic carbocycles. The molecule has 0 heterocycles. The van der Waals surface area contributed by atoms with Gasteiger partial charge in [-0.25, -0.2) is 9.59 Å². The summed E-state index contributed by atoms with van der Waals surface area (Å²) >= 11 is 0. The van der Waals surface area contributed by atoms with Crippen LogP contribution in [0.3, 0.4) is 0 Å². The van der Waals surface area contributed by atoms with Crippen molar-refractivity contribution in [2.75, 3.05) is 26.2 Å². The number of carbonyl (C=O) groups excluding carboxylic acids is 2. The average molecular weight is 428 g/mol. The zero-order chi connectivity index (χ0) is 22.8. The molecule has 0 rings (SSSR count). The van der Waals surface area contributed by atoms with Crippen LogP contribution in [-0.4, -0.2) is 84.7 Å². The van der Waals surface area contributed by atoms with Crippen molar-refractivity contribution in [3.05, 3.63) is 0 Å². The standard InChI is InChI=1S/C18H32N6O6/c19-7-11-21-9-3-1-5-13(17(27)28)23-15(25)16(26)24-14(18(29)30)6-2-4-10-22-12-8-20/h7-8,13-14,19-22H,1-6,9-12H2,(H,23,25)(H,24,26)(H,27,28)(H,29,30). The van der Waals surface area contributed by atoms with Crippen LogP contribution in [0.25, 0.3) is 0 Å². The fourth-order valence-corrected chi connectivity index (χ4v) is 2.51. The lowest BCUT2D eigenvalue weighted by molar-refractivity contribution is -0.147. The van der Waals surface area contributed by atoms with E-state index >= 15 is 0 Å². The molecule has 170 valence electrons. The molecule has 0 aliphatic rings. The Morgan fingerprint density at radius 3 is 1.37 bits per heavy atom. The van der Waals surface area contributed by atoms with Crippen molar-refractivity contribution in [2.24, 2.45) is 0 Å². The van der Waals surface area contributed by atoms with Gasteiger partial charge in [-0.1, -0.05) is 0 Å². The smallest absolute Gasteiger partial charge is 0.326 e. The monoisotopic (exact) mass is 428 g/mol. The Morgan fingerprint density at radius 2 is 1.07 bits per heavy atom. The van der Waals surface area contributed by atoms with E-state index in [1.807, 2.05) is 0 Å². The molecule has 0 aromatic rings. The van der Waals surface area contributed by atoms with Gasteiger partial charge in [0.25, 0.3) is 0 Å². The van der Waals surface area contributed by atoms with Crippen molar-refractivity contribution in [3.8, 4) is 0 Å². The van der Waals surface area contributed by atoms with Crippen LogP contribution in [0.15, 0.2) is 0 Å².